The molecule has 0 spiro atoms. The normalized spacial score (nSPS) is 17.9. The summed E-state index contributed by atoms with van der Waals surface area (Å²) in [6, 6.07) is 8.97. The van der Waals surface area contributed by atoms with Gasteiger partial charge in [-0.15, -0.1) is 0 Å². The molecule has 0 atom stereocenters. The molecule has 18 heavy (non-hydrogen) atoms. The first-order valence-corrected chi connectivity index (χ1v) is 7.96. The summed E-state index contributed by atoms with van der Waals surface area (Å²) in [7, 11) is 2.10. The zero-order valence-corrected chi connectivity index (χ0v) is 12.5. The zero-order valence-electron chi connectivity index (χ0n) is 11.7. The number of benzene rings is 1. The minimum atomic E-state index is 0.916. The van der Waals surface area contributed by atoms with E-state index in [2.05, 4.69) is 53.7 Å². The Morgan fingerprint density at radius 1 is 1.22 bits per heavy atom. The highest BCUT2D eigenvalue weighted by atomic mass is 32.2. The minimum Gasteiger partial charge on any atom is -0.320 e. The van der Waals surface area contributed by atoms with Gasteiger partial charge in [0.2, 0.25) is 0 Å². The Labute approximate surface area is 115 Å². The summed E-state index contributed by atoms with van der Waals surface area (Å²) in [5.74, 6) is 0.916. The van der Waals surface area contributed by atoms with E-state index >= 15 is 0 Å². The molecule has 0 aromatic heterocycles. The maximum Gasteiger partial charge on any atom is 0.0466 e. The van der Waals surface area contributed by atoms with Crippen LogP contribution < -0.4 is 4.31 Å². The molecule has 1 aromatic carbocycles. The van der Waals surface area contributed by atoms with Crippen LogP contribution in [0.25, 0.3) is 0 Å². The molecule has 1 heterocycles. The van der Waals surface area contributed by atoms with Gasteiger partial charge in [-0.25, -0.2) is 0 Å². The fourth-order valence-electron chi connectivity index (χ4n) is 2.40. The predicted octanol–water partition coefficient (Wildman–Crippen LogP) is 3.63. The zero-order chi connectivity index (χ0) is 13.0. The van der Waals surface area contributed by atoms with E-state index in [1.807, 2.05) is 0 Å². The maximum atomic E-state index is 2.58. The standard InChI is InChI=1S/C15H24N2S/c1-13-8-10-17(11-9-13)12-14-4-6-15(7-5-14)16(2)18-3/h4-7,13H,8-12H2,1-3H3. The number of piperidine rings is 1. The highest BCUT2D eigenvalue weighted by molar-refractivity contribution is 7.99. The summed E-state index contributed by atoms with van der Waals surface area (Å²) in [6.45, 7) is 5.99. The van der Waals surface area contributed by atoms with E-state index in [1.54, 1.807) is 11.9 Å². The van der Waals surface area contributed by atoms with E-state index < -0.39 is 0 Å². The second-order valence-electron chi connectivity index (χ2n) is 5.31. The van der Waals surface area contributed by atoms with E-state index in [-0.39, 0.29) is 0 Å². The molecule has 1 saturated heterocycles. The van der Waals surface area contributed by atoms with Gasteiger partial charge in [-0.2, -0.15) is 0 Å². The summed E-state index contributed by atoms with van der Waals surface area (Å²) in [6.07, 6.45) is 4.81. The van der Waals surface area contributed by atoms with Crippen molar-refractivity contribution in [2.24, 2.45) is 5.92 Å². The van der Waals surface area contributed by atoms with Gasteiger partial charge in [0.25, 0.3) is 0 Å². The summed E-state index contributed by atoms with van der Waals surface area (Å²) in [5.41, 5.74) is 2.71. The Morgan fingerprint density at radius 2 is 1.83 bits per heavy atom. The predicted molar refractivity (Wildman–Crippen MR) is 82.0 cm³/mol. The molecular formula is C15H24N2S. The SMILES string of the molecule is CSN(C)c1ccc(CN2CCC(C)CC2)cc1. The van der Waals surface area contributed by atoms with E-state index in [0.717, 1.165) is 12.5 Å². The Morgan fingerprint density at radius 3 is 2.39 bits per heavy atom. The topological polar surface area (TPSA) is 6.48 Å². The Balaban J connectivity index is 1.90. The van der Waals surface area contributed by atoms with Crippen molar-refractivity contribution >= 4 is 17.6 Å². The van der Waals surface area contributed by atoms with E-state index in [1.165, 1.54) is 37.2 Å². The smallest absolute Gasteiger partial charge is 0.0466 e. The lowest BCUT2D eigenvalue weighted by Crippen LogP contribution is -2.32. The average molecular weight is 264 g/mol. The molecule has 1 fully saturated rings. The van der Waals surface area contributed by atoms with Gasteiger partial charge in [0.05, 0.1) is 0 Å². The highest BCUT2D eigenvalue weighted by Crippen LogP contribution is 2.21. The van der Waals surface area contributed by atoms with Crippen LogP contribution >= 0.6 is 11.9 Å². The van der Waals surface area contributed by atoms with Crippen LogP contribution in [0.1, 0.15) is 25.3 Å². The third-order valence-corrected chi connectivity index (χ3v) is 4.61. The van der Waals surface area contributed by atoms with Gasteiger partial charge >= 0.3 is 0 Å². The lowest BCUT2D eigenvalue weighted by molar-refractivity contribution is 0.185. The monoisotopic (exact) mass is 264 g/mol. The van der Waals surface area contributed by atoms with Crippen molar-refractivity contribution in [3.8, 4) is 0 Å². The van der Waals surface area contributed by atoms with Gasteiger partial charge in [0.15, 0.2) is 0 Å². The molecule has 1 aliphatic rings. The average Bonchev–Trinajstić information content (AvgIpc) is 2.41. The van der Waals surface area contributed by atoms with Crippen LogP contribution in [0.3, 0.4) is 0 Å². The summed E-state index contributed by atoms with van der Waals surface area (Å²) < 4.78 is 2.19. The molecule has 0 amide bonds. The first-order valence-electron chi connectivity index (χ1n) is 6.78. The Bertz CT molecular complexity index is 355. The molecule has 2 rings (SSSR count). The van der Waals surface area contributed by atoms with Crippen LogP contribution in [-0.4, -0.2) is 31.3 Å². The molecule has 1 aromatic rings. The molecule has 100 valence electrons. The van der Waals surface area contributed by atoms with Gasteiger partial charge in [-0.05, 0) is 49.5 Å². The first-order chi connectivity index (χ1) is 8.69. The molecule has 1 aliphatic heterocycles. The van der Waals surface area contributed by atoms with Crippen molar-refractivity contribution in [2.75, 3.05) is 30.7 Å². The van der Waals surface area contributed by atoms with Crippen LogP contribution in [0, 0.1) is 5.92 Å². The number of rotatable bonds is 4. The van der Waals surface area contributed by atoms with Crippen molar-refractivity contribution in [1.29, 1.82) is 0 Å². The molecule has 2 nitrogen and oxygen atoms in total. The molecule has 0 saturated carbocycles. The van der Waals surface area contributed by atoms with Gasteiger partial charge in [0, 0.05) is 25.5 Å². The van der Waals surface area contributed by atoms with Crippen LogP contribution in [-0.2, 0) is 6.54 Å². The Kier molecular flexibility index (Phi) is 4.95. The maximum absolute atomic E-state index is 2.58. The van der Waals surface area contributed by atoms with Gasteiger partial charge in [-0.1, -0.05) is 31.0 Å². The van der Waals surface area contributed by atoms with Gasteiger partial charge < -0.3 is 4.31 Å². The third kappa shape index (κ3) is 3.66. The van der Waals surface area contributed by atoms with Crippen molar-refractivity contribution in [3.05, 3.63) is 29.8 Å². The molecule has 0 bridgehead atoms. The van der Waals surface area contributed by atoms with Crippen LogP contribution in [0.2, 0.25) is 0 Å². The molecule has 0 unspecified atom stereocenters. The highest BCUT2D eigenvalue weighted by Gasteiger charge is 2.15. The number of likely N-dealkylation sites (tertiary alicyclic amines) is 1. The van der Waals surface area contributed by atoms with Crippen LogP contribution in [0.15, 0.2) is 24.3 Å². The van der Waals surface area contributed by atoms with Crippen molar-refractivity contribution in [3.63, 3.8) is 0 Å². The first kappa shape index (κ1) is 13.8. The van der Waals surface area contributed by atoms with E-state index in [0.29, 0.717) is 0 Å². The van der Waals surface area contributed by atoms with E-state index in [4.69, 9.17) is 0 Å². The molecule has 0 radical (unpaired) electrons. The summed E-state index contributed by atoms with van der Waals surface area (Å²) in [4.78, 5) is 2.58. The lowest BCUT2D eigenvalue weighted by Gasteiger charge is -2.30. The second-order valence-corrected chi connectivity index (χ2v) is 6.22. The van der Waals surface area contributed by atoms with Crippen LogP contribution in [0.4, 0.5) is 5.69 Å². The number of hydrogen-bond acceptors (Lipinski definition) is 3. The molecular weight excluding hydrogens is 240 g/mol. The molecule has 3 heteroatoms. The number of nitrogens with zero attached hydrogens (tertiary/aromatic N) is 2. The summed E-state index contributed by atoms with van der Waals surface area (Å²) >= 11 is 1.74. The van der Waals surface area contributed by atoms with E-state index in [9.17, 15) is 0 Å². The number of hydrogen-bond donors (Lipinski definition) is 0. The van der Waals surface area contributed by atoms with Crippen molar-refractivity contribution in [2.45, 2.75) is 26.3 Å². The Hall–Kier alpha value is -0.670. The largest absolute Gasteiger partial charge is 0.320 e. The second kappa shape index (κ2) is 6.48. The van der Waals surface area contributed by atoms with Crippen molar-refractivity contribution in [1.82, 2.24) is 4.90 Å². The molecule has 0 aliphatic carbocycles. The van der Waals surface area contributed by atoms with Crippen molar-refractivity contribution < 1.29 is 0 Å². The summed E-state index contributed by atoms with van der Waals surface area (Å²) in [5, 5.41) is 0. The quantitative estimate of drug-likeness (QED) is 0.767. The van der Waals surface area contributed by atoms with Crippen LogP contribution in [0.5, 0.6) is 0 Å². The fraction of sp³-hybridized carbons (Fsp3) is 0.600. The van der Waals surface area contributed by atoms with Gasteiger partial charge in [0.1, 0.15) is 0 Å². The number of anilines is 1. The lowest BCUT2D eigenvalue weighted by atomic mass is 9.99. The van der Waals surface area contributed by atoms with Gasteiger partial charge in [-0.3, -0.25) is 4.90 Å². The fourth-order valence-corrected chi connectivity index (χ4v) is 2.73. The third-order valence-electron chi connectivity index (χ3n) is 3.86. The molecule has 0 N–H and O–H groups in total. The minimum absolute atomic E-state index is 0.916.